The van der Waals surface area contributed by atoms with Crippen LogP contribution in [0.4, 0.5) is 5.69 Å². The molecule has 3 aromatic rings. The van der Waals surface area contributed by atoms with E-state index in [-0.39, 0.29) is 17.0 Å². The second-order valence-corrected chi connectivity index (χ2v) is 10.9. The largest absolute Gasteiger partial charge is 0.449 e. The SMILES string of the molecule is C[C@@H](OC(=O)c1cccc(S(=O)(=O)N2CCc3ccccc3C2)c1)C(=O)Nc1cc(Cl)cc(Cl)c1. The Kier molecular flexibility index (Phi) is 7.47. The molecule has 1 aliphatic heterocycles. The first-order valence-corrected chi connectivity index (χ1v) is 13.0. The molecule has 0 aliphatic carbocycles. The Morgan fingerprint density at radius 3 is 2.37 bits per heavy atom. The van der Waals surface area contributed by atoms with Crippen molar-refractivity contribution in [3.8, 4) is 0 Å². The molecule has 35 heavy (non-hydrogen) atoms. The minimum Gasteiger partial charge on any atom is -0.449 e. The molecular formula is C25H22Cl2N2O5S. The summed E-state index contributed by atoms with van der Waals surface area (Å²) < 4.78 is 33.2. The lowest BCUT2D eigenvalue weighted by atomic mass is 10.0. The van der Waals surface area contributed by atoms with Crippen molar-refractivity contribution in [1.29, 1.82) is 0 Å². The van der Waals surface area contributed by atoms with E-state index in [0.29, 0.717) is 28.7 Å². The van der Waals surface area contributed by atoms with E-state index in [1.807, 2.05) is 24.3 Å². The van der Waals surface area contributed by atoms with Gasteiger partial charge in [0.1, 0.15) is 0 Å². The predicted molar refractivity (Wildman–Crippen MR) is 134 cm³/mol. The van der Waals surface area contributed by atoms with Crippen LogP contribution in [0, 0.1) is 0 Å². The summed E-state index contributed by atoms with van der Waals surface area (Å²) in [6.07, 6.45) is -0.541. The third-order valence-corrected chi connectivity index (χ3v) is 7.86. The number of rotatable bonds is 6. The highest BCUT2D eigenvalue weighted by atomic mass is 35.5. The molecule has 0 unspecified atom stereocenters. The lowest BCUT2D eigenvalue weighted by Crippen LogP contribution is -2.36. The highest BCUT2D eigenvalue weighted by molar-refractivity contribution is 7.89. The Morgan fingerprint density at radius 1 is 0.971 bits per heavy atom. The van der Waals surface area contributed by atoms with Crippen LogP contribution in [0.5, 0.6) is 0 Å². The maximum atomic E-state index is 13.2. The van der Waals surface area contributed by atoms with E-state index < -0.39 is 28.0 Å². The van der Waals surface area contributed by atoms with E-state index in [4.69, 9.17) is 27.9 Å². The predicted octanol–water partition coefficient (Wildman–Crippen LogP) is 4.92. The first-order chi connectivity index (χ1) is 16.6. The van der Waals surface area contributed by atoms with Gasteiger partial charge in [0.2, 0.25) is 10.0 Å². The number of hydrogen-bond acceptors (Lipinski definition) is 5. The summed E-state index contributed by atoms with van der Waals surface area (Å²) in [5.41, 5.74) is 2.46. The smallest absolute Gasteiger partial charge is 0.338 e. The number of nitrogens with zero attached hydrogens (tertiary/aromatic N) is 1. The van der Waals surface area contributed by atoms with Crippen LogP contribution < -0.4 is 5.32 Å². The zero-order chi connectivity index (χ0) is 25.2. The number of carbonyl (C=O) groups excluding carboxylic acids is 2. The summed E-state index contributed by atoms with van der Waals surface area (Å²) in [7, 11) is -3.83. The number of benzene rings is 3. The van der Waals surface area contributed by atoms with Gasteiger partial charge in [0.25, 0.3) is 5.91 Å². The number of amides is 1. The summed E-state index contributed by atoms with van der Waals surface area (Å²) in [6.45, 7) is 2.02. The Hall–Kier alpha value is -2.91. The van der Waals surface area contributed by atoms with Gasteiger partial charge in [-0.25, -0.2) is 13.2 Å². The molecule has 3 aromatic carbocycles. The number of hydrogen-bond donors (Lipinski definition) is 1. The van der Waals surface area contributed by atoms with Gasteiger partial charge in [-0.15, -0.1) is 0 Å². The number of nitrogens with one attached hydrogen (secondary N) is 1. The number of esters is 1. The van der Waals surface area contributed by atoms with E-state index >= 15 is 0 Å². The summed E-state index contributed by atoms with van der Waals surface area (Å²) >= 11 is 11.9. The highest BCUT2D eigenvalue weighted by Crippen LogP contribution is 2.26. The fraction of sp³-hybridized carbons (Fsp3) is 0.200. The molecule has 1 aliphatic rings. The molecule has 0 saturated carbocycles. The van der Waals surface area contributed by atoms with Crippen LogP contribution in [0.1, 0.15) is 28.4 Å². The van der Waals surface area contributed by atoms with Crippen LogP contribution in [0.2, 0.25) is 10.0 Å². The Balaban J connectivity index is 1.45. The van der Waals surface area contributed by atoms with Crippen molar-refractivity contribution in [2.75, 3.05) is 11.9 Å². The number of halogens is 2. The third kappa shape index (κ3) is 5.85. The van der Waals surface area contributed by atoms with Crippen LogP contribution >= 0.6 is 23.2 Å². The molecule has 1 amide bonds. The topological polar surface area (TPSA) is 92.8 Å². The average Bonchev–Trinajstić information content (AvgIpc) is 2.83. The Bertz CT molecular complexity index is 1370. The zero-order valence-electron chi connectivity index (χ0n) is 18.7. The first kappa shape index (κ1) is 25.2. The highest BCUT2D eigenvalue weighted by Gasteiger charge is 2.29. The average molecular weight is 533 g/mol. The summed E-state index contributed by atoms with van der Waals surface area (Å²) in [4.78, 5) is 25.1. The fourth-order valence-corrected chi connectivity index (χ4v) is 5.75. The molecule has 0 spiro atoms. The molecule has 0 bridgehead atoms. The number of sulfonamides is 1. The normalized spacial score (nSPS) is 14.6. The maximum Gasteiger partial charge on any atom is 0.338 e. The number of carbonyl (C=O) groups is 2. The molecule has 7 nitrogen and oxygen atoms in total. The molecule has 10 heteroatoms. The molecule has 182 valence electrons. The van der Waals surface area contributed by atoms with Crippen LogP contribution in [0.25, 0.3) is 0 Å². The van der Waals surface area contributed by atoms with E-state index in [9.17, 15) is 18.0 Å². The second kappa shape index (κ2) is 10.4. The molecule has 4 rings (SSSR count). The number of ether oxygens (including phenoxy) is 1. The van der Waals surface area contributed by atoms with Gasteiger partial charge in [-0.05, 0) is 60.9 Å². The molecule has 1 heterocycles. The summed E-state index contributed by atoms with van der Waals surface area (Å²) in [6, 6.07) is 17.9. The van der Waals surface area contributed by atoms with Gasteiger partial charge in [-0.3, -0.25) is 4.79 Å². The van der Waals surface area contributed by atoms with Crippen molar-refractivity contribution in [1.82, 2.24) is 4.31 Å². The minimum atomic E-state index is -3.83. The maximum absolute atomic E-state index is 13.2. The summed E-state index contributed by atoms with van der Waals surface area (Å²) in [5.74, 6) is -1.41. The van der Waals surface area contributed by atoms with Gasteiger partial charge < -0.3 is 10.1 Å². The molecule has 0 radical (unpaired) electrons. The second-order valence-electron chi connectivity index (χ2n) is 8.08. The molecule has 0 aromatic heterocycles. The van der Waals surface area contributed by atoms with Crippen molar-refractivity contribution in [3.63, 3.8) is 0 Å². The van der Waals surface area contributed by atoms with Gasteiger partial charge in [0.15, 0.2) is 6.10 Å². The van der Waals surface area contributed by atoms with Crippen molar-refractivity contribution in [3.05, 3.63) is 93.5 Å². The number of fused-ring (bicyclic) bond motifs is 1. The van der Waals surface area contributed by atoms with Crippen LogP contribution in [0.3, 0.4) is 0 Å². The van der Waals surface area contributed by atoms with Gasteiger partial charge in [0.05, 0.1) is 10.5 Å². The van der Waals surface area contributed by atoms with Gasteiger partial charge >= 0.3 is 5.97 Å². The Morgan fingerprint density at radius 2 is 1.66 bits per heavy atom. The van der Waals surface area contributed by atoms with E-state index in [1.165, 1.54) is 53.7 Å². The van der Waals surface area contributed by atoms with E-state index in [1.54, 1.807) is 0 Å². The van der Waals surface area contributed by atoms with Crippen molar-refractivity contribution < 1.29 is 22.7 Å². The molecule has 0 saturated heterocycles. The van der Waals surface area contributed by atoms with Crippen molar-refractivity contribution in [2.24, 2.45) is 0 Å². The monoisotopic (exact) mass is 532 g/mol. The minimum absolute atomic E-state index is 0.0167. The zero-order valence-corrected chi connectivity index (χ0v) is 21.0. The first-order valence-electron chi connectivity index (χ1n) is 10.8. The standard InChI is InChI=1S/C25H22Cl2N2O5S/c1-16(24(30)28-22-13-20(26)12-21(27)14-22)34-25(31)18-7-4-8-23(11-18)35(32,33)29-10-9-17-5-2-3-6-19(17)15-29/h2-8,11-14,16H,9-10,15H2,1H3,(H,28,30)/t16-/m1/s1. The molecular weight excluding hydrogens is 511 g/mol. The Labute approximate surface area is 213 Å². The molecule has 0 fully saturated rings. The molecule has 1 atom stereocenters. The third-order valence-electron chi connectivity index (χ3n) is 5.59. The van der Waals surface area contributed by atoms with Gasteiger partial charge in [0, 0.05) is 28.8 Å². The van der Waals surface area contributed by atoms with Crippen molar-refractivity contribution >= 4 is 50.8 Å². The van der Waals surface area contributed by atoms with Crippen LogP contribution in [0.15, 0.2) is 71.6 Å². The fourth-order valence-electron chi connectivity index (χ4n) is 3.76. The quantitative estimate of drug-likeness (QED) is 0.454. The van der Waals surface area contributed by atoms with E-state index in [2.05, 4.69) is 5.32 Å². The van der Waals surface area contributed by atoms with Gasteiger partial charge in [-0.1, -0.05) is 53.5 Å². The van der Waals surface area contributed by atoms with Crippen LogP contribution in [-0.2, 0) is 32.5 Å². The van der Waals surface area contributed by atoms with E-state index in [0.717, 1.165) is 11.1 Å². The summed E-state index contributed by atoms with van der Waals surface area (Å²) in [5, 5.41) is 3.26. The van der Waals surface area contributed by atoms with Gasteiger partial charge in [-0.2, -0.15) is 4.31 Å². The van der Waals surface area contributed by atoms with Crippen molar-refractivity contribution in [2.45, 2.75) is 30.9 Å². The number of anilines is 1. The molecule has 1 N–H and O–H groups in total. The van der Waals surface area contributed by atoms with Crippen LogP contribution in [-0.4, -0.2) is 37.2 Å². The lowest BCUT2D eigenvalue weighted by molar-refractivity contribution is -0.123. The lowest BCUT2D eigenvalue weighted by Gasteiger charge is -2.28.